The summed E-state index contributed by atoms with van der Waals surface area (Å²) in [5.74, 6) is 0. The summed E-state index contributed by atoms with van der Waals surface area (Å²) in [5, 5.41) is 3.37. The van der Waals surface area contributed by atoms with Gasteiger partial charge in [-0.2, -0.15) is 4.98 Å². The van der Waals surface area contributed by atoms with E-state index < -0.39 is 0 Å². The summed E-state index contributed by atoms with van der Waals surface area (Å²) < 4.78 is 5.34. The third-order valence-electron chi connectivity index (χ3n) is 4.70. The number of nitrogens with zero attached hydrogens (tertiary/aromatic N) is 4. The van der Waals surface area contributed by atoms with Crippen LogP contribution < -0.4 is 16.0 Å². The minimum atomic E-state index is 0.175. The molecule has 0 atom stereocenters. The number of nitrogen functional groups attached to an aromatic ring is 1. The van der Waals surface area contributed by atoms with Gasteiger partial charge in [-0.25, -0.2) is 4.98 Å². The van der Waals surface area contributed by atoms with Gasteiger partial charge in [-0.3, -0.25) is 4.98 Å². The Morgan fingerprint density at radius 2 is 1.79 bits per heavy atom. The Morgan fingerprint density at radius 1 is 0.964 bits per heavy atom. The van der Waals surface area contributed by atoms with Gasteiger partial charge < -0.3 is 20.4 Å². The molecule has 1 aliphatic rings. The van der Waals surface area contributed by atoms with E-state index in [1.54, 1.807) is 0 Å². The molecule has 3 N–H and O–H groups in total. The average Bonchev–Trinajstić information content (AvgIpc) is 3.14. The first-order chi connectivity index (χ1) is 13.8. The van der Waals surface area contributed by atoms with Crippen LogP contribution in [0.4, 0.5) is 11.7 Å². The van der Waals surface area contributed by atoms with Gasteiger partial charge in [0.25, 0.3) is 6.01 Å². The fourth-order valence-corrected chi connectivity index (χ4v) is 3.36. The molecule has 1 fully saturated rings. The van der Waals surface area contributed by atoms with E-state index in [1.165, 1.54) is 0 Å². The van der Waals surface area contributed by atoms with Crippen molar-refractivity contribution in [2.45, 2.75) is 13.8 Å². The van der Waals surface area contributed by atoms with Gasteiger partial charge in [0, 0.05) is 31.7 Å². The second-order valence-electron chi connectivity index (χ2n) is 6.40. The SMILES string of the molecule is CC.Nc1nc2cc(-c3ccc4ncc(N5CCNCC5)cc4n3)ccc2o1. The van der Waals surface area contributed by atoms with Crippen LogP contribution in [0, 0.1) is 0 Å². The van der Waals surface area contributed by atoms with Crippen LogP contribution in [-0.4, -0.2) is 41.1 Å². The standard InChI is InChI=1S/C19H18N6O.C2H6/c20-19-24-17-9-12(1-4-18(17)26-19)14-2-3-15-16(23-14)10-13(11-22-15)25-7-5-21-6-8-25;1-2/h1-4,9-11,21H,5-8H2,(H2,20,24);1-2H3. The highest BCUT2D eigenvalue weighted by Gasteiger charge is 2.12. The molecule has 3 aromatic heterocycles. The normalized spacial score (nSPS) is 14.1. The monoisotopic (exact) mass is 376 g/mol. The van der Waals surface area contributed by atoms with Gasteiger partial charge in [-0.1, -0.05) is 13.8 Å². The summed E-state index contributed by atoms with van der Waals surface area (Å²) in [7, 11) is 0. The second kappa shape index (κ2) is 7.82. The molecule has 0 saturated carbocycles. The van der Waals surface area contributed by atoms with Crippen molar-refractivity contribution in [3.8, 4) is 11.3 Å². The Morgan fingerprint density at radius 3 is 2.61 bits per heavy atom. The Kier molecular flexibility index (Phi) is 5.08. The average molecular weight is 376 g/mol. The maximum atomic E-state index is 5.63. The van der Waals surface area contributed by atoms with Gasteiger partial charge in [-0.15, -0.1) is 0 Å². The van der Waals surface area contributed by atoms with Gasteiger partial charge in [0.05, 0.1) is 28.6 Å². The number of hydrogen-bond acceptors (Lipinski definition) is 7. The second-order valence-corrected chi connectivity index (χ2v) is 6.40. The number of rotatable bonds is 2. The van der Waals surface area contributed by atoms with E-state index in [-0.39, 0.29) is 6.01 Å². The number of hydrogen-bond donors (Lipinski definition) is 2. The Balaban J connectivity index is 0.000000932. The molecule has 144 valence electrons. The van der Waals surface area contributed by atoms with Crippen LogP contribution in [0.15, 0.2) is 47.0 Å². The molecule has 0 bridgehead atoms. The van der Waals surface area contributed by atoms with Gasteiger partial charge in [0.1, 0.15) is 5.52 Å². The third kappa shape index (κ3) is 3.48. The lowest BCUT2D eigenvalue weighted by atomic mass is 10.1. The molecule has 0 radical (unpaired) electrons. The molecule has 28 heavy (non-hydrogen) atoms. The van der Waals surface area contributed by atoms with Crippen LogP contribution >= 0.6 is 0 Å². The fourth-order valence-electron chi connectivity index (χ4n) is 3.36. The summed E-state index contributed by atoms with van der Waals surface area (Å²) in [6.45, 7) is 7.95. The van der Waals surface area contributed by atoms with Crippen LogP contribution in [0.2, 0.25) is 0 Å². The summed E-state index contributed by atoms with van der Waals surface area (Å²) in [6.07, 6.45) is 1.93. The van der Waals surface area contributed by atoms with E-state index in [4.69, 9.17) is 15.1 Å². The molecule has 0 amide bonds. The fraction of sp³-hybridized carbons (Fsp3) is 0.286. The molecule has 4 heterocycles. The lowest BCUT2D eigenvalue weighted by molar-refractivity contribution is 0.589. The first-order valence-corrected chi connectivity index (χ1v) is 9.65. The smallest absolute Gasteiger partial charge is 0.292 e. The first-order valence-electron chi connectivity index (χ1n) is 9.65. The van der Waals surface area contributed by atoms with E-state index in [0.717, 1.165) is 59.7 Å². The number of aromatic nitrogens is 3. The largest absolute Gasteiger partial charge is 0.424 e. The van der Waals surface area contributed by atoms with Gasteiger partial charge in [-0.05, 0) is 36.4 Å². The van der Waals surface area contributed by atoms with Crippen molar-refractivity contribution in [1.82, 2.24) is 20.3 Å². The van der Waals surface area contributed by atoms with Crippen LogP contribution in [0.5, 0.6) is 0 Å². The van der Waals surface area contributed by atoms with Gasteiger partial charge in [0.2, 0.25) is 0 Å². The molecule has 1 saturated heterocycles. The lowest BCUT2D eigenvalue weighted by Crippen LogP contribution is -2.43. The summed E-state index contributed by atoms with van der Waals surface area (Å²) in [5.41, 5.74) is 11.8. The molecule has 5 rings (SSSR count). The minimum Gasteiger partial charge on any atom is -0.424 e. The van der Waals surface area contributed by atoms with E-state index in [9.17, 15) is 0 Å². The number of nitrogens with one attached hydrogen (secondary N) is 1. The summed E-state index contributed by atoms with van der Waals surface area (Å²) >= 11 is 0. The van der Waals surface area contributed by atoms with E-state index in [2.05, 4.69) is 26.3 Å². The maximum absolute atomic E-state index is 5.63. The topological polar surface area (TPSA) is 93.1 Å². The van der Waals surface area contributed by atoms with Crippen molar-refractivity contribution in [2.75, 3.05) is 36.8 Å². The number of nitrogens with two attached hydrogens (primary N) is 1. The number of pyridine rings is 2. The maximum Gasteiger partial charge on any atom is 0.292 e. The molecule has 1 aliphatic heterocycles. The van der Waals surface area contributed by atoms with E-state index in [0.29, 0.717) is 5.58 Å². The van der Waals surface area contributed by atoms with E-state index >= 15 is 0 Å². The zero-order valence-electron chi connectivity index (χ0n) is 16.1. The zero-order valence-corrected chi connectivity index (χ0v) is 16.1. The number of oxazole rings is 1. The number of anilines is 2. The molecule has 7 heteroatoms. The highest BCUT2D eigenvalue weighted by atomic mass is 16.4. The van der Waals surface area contributed by atoms with Crippen LogP contribution in [0.1, 0.15) is 13.8 Å². The van der Waals surface area contributed by atoms with Crippen molar-refractivity contribution >= 4 is 33.8 Å². The Labute approximate surface area is 163 Å². The molecule has 0 spiro atoms. The van der Waals surface area contributed by atoms with E-state index in [1.807, 2.05) is 50.4 Å². The summed E-state index contributed by atoms with van der Waals surface area (Å²) in [6, 6.07) is 12.0. The number of fused-ring (bicyclic) bond motifs is 2. The number of benzene rings is 1. The van der Waals surface area contributed by atoms with Gasteiger partial charge in [0.15, 0.2) is 5.58 Å². The van der Waals surface area contributed by atoms with Crippen LogP contribution in [0.25, 0.3) is 33.4 Å². The quantitative estimate of drug-likeness (QED) is 0.553. The molecular formula is C21H24N6O. The zero-order chi connectivity index (χ0) is 19.5. The molecular weight excluding hydrogens is 352 g/mol. The molecule has 0 unspecified atom stereocenters. The predicted molar refractivity (Wildman–Crippen MR) is 113 cm³/mol. The first kappa shape index (κ1) is 18.2. The highest BCUT2D eigenvalue weighted by molar-refractivity contribution is 5.84. The molecule has 1 aromatic carbocycles. The Bertz CT molecular complexity index is 1100. The third-order valence-corrected chi connectivity index (χ3v) is 4.70. The minimum absolute atomic E-state index is 0.175. The van der Waals surface area contributed by atoms with Crippen molar-refractivity contribution < 1.29 is 4.42 Å². The lowest BCUT2D eigenvalue weighted by Gasteiger charge is -2.29. The van der Waals surface area contributed by atoms with Crippen molar-refractivity contribution in [3.63, 3.8) is 0 Å². The van der Waals surface area contributed by atoms with Gasteiger partial charge >= 0.3 is 0 Å². The summed E-state index contributed by atoms with van der Waals surface area (Å²) in [4.78, 5) is 15.9. The molecule has 7 nitrogen and oxygen atoms in total. The van der Waals surface area contributed by atoms with Crippen molar-refractivity contribution in [2.24, 2.45) is 0 Å². The predicted octanol–water partition coefficient (Wildman–Crippen LogP) is 3.46. The number of piperazine rings is 1. The van der Waals surface area contributed by atoms with Crippen molar-refractivity contribution in [3.05, 3.63) is 42.6 Å². The van der Waals surface area contributed by atoms with Crippen LogP contribution in [0.3, 0.4) is 0 Å². The van der Waals surface area contributed by atoms with Crippen molar-refractivity contribution in [1.29, 1.82) is 0 Å². The molecule has 4 aromatic rings. The highest BCUT2D eigenvalue weighted by Crippen LogP contribution is 2.26. The molecule has 0 aliphatic carbocycles. The van der Waals surface area contributed by atoms with Crippen LogP contribution in [-0.2, 0) is 0 Å². The Hall–Kier alpha value is -3.19.